The summed E-state index contributed by atoms with van der Waals surface area (Å²) in [6.45, 7) is 4.47. The van der Waals surface area contributed by atoms with Crippen molar-refractivity contribution in [2.45, 2.75) is 12.5 Å². The van der Waals surface area contributed by atoms with Crippen molar-refractivity contribution in [2.75, 3.05) is 19.7 Å². The normalized spacial score (nSPS) is 26.6. The van der Waals surface area contributed by atoms with E-state index in [1.54, 1.807) is 0 Å². The zero-order valence-corrected chi connectivity index (χ0v) is 10.0. The van der Waals surface area contributed by atoms with Gasteiger partial charge in [0.05, 0.1) is 16.7 Å². The molecule has 2 nitrogen and oxygen atoms in total. The molecule has 82 valence electrons. The van der Waals surface area contributed by atoms with Crippen molar-refractivity contribution in [3.05, 3.63) is 33.8 Å². The predicted molar refractivity (Wildman–Crippen MR) is 62.6 cm³/mol. The molecule has 1 unspecified atom stereocenters. The largest absolute Gasteiger partial charge is 0.368 e. The monoisotopic (exact) mass is 245 g/mol. The van der Waals surface area contributed by atoms with Gasteiger partial charge in [0.15, 0.2) is 0 Å². The summed E-state index contributed by atoms with van der Waals surface area (Å²) in [7, 11) is 0. The number of morpholine rings is 1. The summed E-state index contributed by atoms with van der Waals surface area (Å²) in [6.07, 6.45) is 0. The van der Waals surface area contributed by atoms with Gasteiger partial charge in [-0.15, -0.1) is 0 Å². The Kier molecular flexibility index (Phi) is 3.21. The van der Waals surface area contributed by atoms with Gasteiger partial charge in [0.2, 0.25) is 0 Å². The van der Waals surface area contributed by atoms with Crippen LogP contribution in [0.25, 0.3) is 0 Å². The fraction of sp³-hybridized carbons (Fsp3) is 0.455. The van der Waals surface area contributed by atoms with Crippen LogP contribution in [0.1, 0.15) is 12.5 Å². The minimum Gasteiger partial charge on any atom is -0.368 e. The van der Waals surface area contributed by atoms with Crippen LogP contribution in [0.4, 0.5) is 0 Å². The van der Waals surface area contributed by atoms with Crippen LogP contribution in [0.3, 0.4) is 0 Å². The third-order valence-corrected chi connectivity index (χ3v) is 3.43. The summed E-state index contributed by atoms with van der Waals surface area (Å²) in [5.41, 5.74) is 0.760. The first-order chi connectivity index (χ1) is 7.12. The van der Waals surface area contributed by atoms with Crippen molar-refractivity contribution >= 4 is 23.2 Å². The molecular formula is C11H13Cl2NO. The summed E-state index contributed by atoms with van der Waals surface area (Å²) in [5.74, 6) is 0. The van der Waals surface area contributed by atoms with Crippen LogP contribution in [0.2, 0.25) is 10.0 Å². The van der Waals surface area contributed by atoms with Gasteiger partial charge in [-0.1, -0.05) is 29.3 Å². The third kappa shape index (κ3) is 2.28. The van der Waals surface area contributed by atoms with Crippen LogP contribution in [0, 0.1) is 0 Å². The number of hydrogen-bond donors (Lipinski definition) is 1. The van der Waals surface area contributed by atoms with Gasteiger partial charge in [0, 0.05) is 13.1 Å². The zero-order chi connectivity index (χ0) is 10.9. The van der Waals surface area contributed by atoms with E-state index in [4.69, 9.17) is 27.9 Å². The summed E-state index contributed by atoms with van der Waals surface area (Å²) in [4.78, 5) is 0. The second-order valence-electron chi connectivity index (χ2n) is 3.88. The second kappa shape index (κ2) is 4.30. The summed E-state index contributed by atoms with van der Waals surface area (Å²) in [5, 5.41) is 4.46. The van der Waals surface area contributed by atoms with Gasteiger partial charge in [-0.25, -0.2) is 0 Å². The second-order valence-corrected chi connectivity index (χ2v) is 4.70. The molecule has 1 fully saturated rings. The number of ether oxygens (including phenoxy) is 1. The average Bonchev–Trinajstić information content (AvgIpc) is 2.23. The molecule has 1 aliphatic heterocycles. The van der Waals surface area contributed by atoms with Crippen molar-refractivity contribution in [3.63, 3.8) is 0 Å². The molecule has 0 bridgehead atoms. The van der Waals surface area contributed by atoms with E-state index in [0.717, 1.165) is 25.3 Å². The molecule has 2 rings (SSSR count). The number of rotatable bonds is 1. The molecule has 0 radical (unpaired) electrons. The molecule has 1 saturated heterocycles. The van der Waals surface area contributed by atoms with E-state index in [9.17, 15) is 0 Å². The summed E-state index contributed by atoms with van der Waals surface area (Å²) < 4.78 is 5.78. The Morgan fingerprint density at radius 3 is 2.73 bits per heavy atom. The number of nitrogens with one attached hydrogen (secondary N) is 1. The van der Waals surface area contributed by atoms with Gasteiger partial charge >= 0.3 is 0 Å². The average molecular weight is 246 g/mol. The van der Waals surface area contributed by atoms with E-state index in [1.165, 1.54) is 0 Å². The smallest absolute Gasteiger partial charge is 0.103 e. The molecule has 0 aliphatic carbocycles. The maximum atomic E-state index is 5.99. The first kappa shape index (κ1) is 11.2. The highest BCUT2D eigenvalue weighted by atomic mass is 35.5. The van der Waals surface area contributed by atoms with E-state index >= 15 is 0 Å². The topological polar surface area (TPSA) is 21.3 Å². The molecule has 1 heterocycles. The molecule has 1 N–H and O–H groups in total. The molecule has 4 heteroatoms. The lowest BCUT2D eigenvalue weighted by Crippen LogP contribution is -2.45. The molecule has 0 spiro atoms. The molecule has 1 aromatic rings. The highest BCUT2D eigenvalue weighted by Crippen LogP contribution is 2.31. The van der Waals surface area contributed by atoms with Crippen molar-refractivity contribution in [3.8, 4) is 0 Å². The lowest BCUT2D eigenvalue weighted by atomic mass is 9.95. The minimum absolute atomic E-state index is 0.299. The van der Waals surface area contributed by atoms with E-state index in [2.05, 4.69) is 12.2 Å². The lowest BCUT2D eigenvalue weighted by molar-refractivity contribution is -0.0572. The van der Waals surface area contributed by atoms with Crippen LogP contribution in [0.5, 0.6) is 0 Å². The number of hydrogen-bond acceptors (Lipinski definition) is 2. The maximum Gasteiger partial charge on any atom is 0.103 e. The van der Waals surface area contributed by atoms with Crippen LogP contribution in [-0.4, -0.2) is 19.7 Å². The van der Waals surface area contributed by atoms with Crippen LogP contribution in [-0.2, 0) is 10.3 Å². The van der Waals surface area contributed by atoms with Gasteiger partial charge in [-0.05, 0) is 24.6 Å². The van der Waals surface area contributed by atoms with Crippen molar-refractivity contribution in [1.82, 2.24) is 5.32 Å². The summed E-state index contributed by atoms with van der Waals surface area (Å²) in [6, 6.07) is 5.64. The highest BCUT2D eigenvalue weighted by Gasteiger charge is 2.30. The van der Waals surface area contributed by atoms with E-state index in [0.29, 0.717) is 10.0 Å². The van der Waals surface area contributed by atoms with Gasteiger partial charge in [0.25, 0.3) is 0 Å². The van der Waals surface area contributed by atoms with Crippen molar-refractivity contribution in [2.24, 2.45) is 0 Å². The Bertz CT molecular complexity index is 362. The Labute approximate surface area is 99.5 Å². The van der Waals surface area contributed by atoms with Crippen LogP contribution < -0.4 is 5.32 Å². The molecule has 15 heavy (non-hydrogen) atoms. The molecule has 1 aromatic carbocycles. The number of benzene rings is 1. The van der Waals surface area contributed by atoms with Crippen LogP contribution >= 0.6 is 23.2 Å². The Balaban J connectivity index is 2.31. The molecule has 1 aliphatic rings. The third-order valence-electron chi connectivity index (χ3n) is 2.69. The molecule has 1 atom stereocenters. The highest BCUT2D eigenvalue weighted by molar-refractivity contribution is 6.42. The lowest BCUT2D eigenvalue weighted by Gasteiger charge is -2.35. The maximum absolute atomic E-state index is 5.99. The Morgan fingerprint density at radius 1 is 1.33 bits per heavy atom. The van der Waals surface area contributed by atoms with Gasteiger partial charge in [0.1, 0.15) is 5.60 Å². The Morgan fingerprint density at radius 2 is 2.13 bits per heavy atom. The van der Waals surface area contributed by atoms with E-state index in [1.807, 2.05) is 18.2 Å². The molecule has 0 amide bonds. The van der Waals surface area contributed by atoms with Crippen LogP contribution in [0.15, 0.2) is 18.2 Å². The molecule has 0 saturated carbocycles. The summed E-state index contributed by atoms with van der Waals surface area (Å²) >= 11 is 11.9. The van der Waals surface area contributed by atoms with Crippen molar-refractivity contribution in [1.29, 1.82) is 0 Å². The van der Waals surface area contributed by atoms with Crippen molar-refractivity contribution < 1.29 is 4.74 Å². The quantitative estimate of drug-likeness (QED) is 0.822. The first-order valence-corrected chi connectivity index (χ1v) is 5.68. The van der Waals surface area contributed by atoms with Gasteiger partial charge in [-0.3, -0.25) is 0 Å². The molecular weight excluding hydrogens is 233 g/mol. The zero-order valence-electron chi connectivity index (χ0n) is 8.52. The van der Waals surface area contributed by atoms with Gasteiger partial charge < -0.3 is 10.1 Å². The first-order valence-electron chi connectivity index (χ1n) is 4.92. The molecule has 0 aromatic heterocycles. The SMILES string of the molecule is CC1(c2ccc(Cl)c(Cl)c2)CNCCO1. The van der Waals surface area contributed by atoms with Gasteiger partial charge in [-0.2, -0.15) is 0 Å². The van der Waals surface area contributed by atoms with E-state index < -0.39 is 0 Å². The predicted octanol–water partition coefficient (Wildman–Crippen LogP) is 2.83. The van der Waals surface area contributed by atoms with E-state index in [-0.39, 0.29) is 5.60 Å². The standard InChI is InChI=1S/C11H13Cl2NO/c1-11(7-14-4-5-15-11)8-2-3-9(12)10(13)6-8/h2-3,6,14H,4-5,7H2,1H3. The fourth-order valence-corrected chi connectivity index (χ4v) is 2.03. The Hall–Kier alpha value is -0.280. The minimum atomic E-state index is -0.299. The fourth-order valence-electron chi connectivity index (χ4n) is 1.74. The number of halogens is 2.